The molecule has 0 saturated carbocycles. The van der Waals surface area contributed by atoms with Gasteiger partial charge in [0.15, 0.2) is 5.96 Å². The van der Waals surface area contributed by atoms with Gasteiger partial charge in [0.1, 0.15) is 11.2 Å². The molecule has 2 aliphatic rings. The number of aliphatic imine (C=N–C) groups is 1. The Hall–Kier alpha value is -2.19. The number of ether oxygens (including phenoxy) is 2. The summed E-state index contributed by atoms with van der Waals surface area (Å²) in [5.74, 6) is 1.33. The third-order valence-electron chi connectivity index (χ3n) is 5.24. The standard InChI is InChI=1S/C22H41N5O4/c1-21(2,3)30-19(28)25-17-10-13-27(15-17)18(23-7)24-14-16-8-11-26(12-9-16)20(29)31-22(4,5)6/h16-17H,8-15H2,1-7H3,(H,23,24)(H,25,28). The highest BCUT2D eigenvalue weighted by Gasteiger charge is 2.29. The van der Waals surface area contributed by atoms with E-state index in [0.29, 0.717) is 25.6 Å². The van der Waals surface area contributed by atoms with Gasteiger partial charge in [-0.15, -0.1) is 0 Å². The van der Waals surface area contributed by atoms with E-state index in [1.165, 1.54) is 0 Å². The van der Waals surface area contributed by atoms with Crippen LogP contribution in [0.5, 0.6) is 0 Å². The Labute approximate surface area is 186 Å². The second kappa shape index (κ2) is 10.4. The minimum Gasteiger partial charge on any atom is -0.444 e. The number of amides is 2. The van der Waals surface area contributed by atoms with E-state index in [-0.39, 0.29) is 18.2 Å². The Bertz CT molecular complexity index is 645. The summed E-state index contributed by atoms with van der Waals surface area (Å²) in [6.07, 6.45) is 2.13. The van der Waals surface area contributed by atoms with Gasteiger partial charge in [0.05, 0.1) is 6.04 Å². The van der Waals surface area contributed by atoms with E-state index in [2.05, 4.69) is 20.5 Å². The predicted octanol–water partition coefficient (Wildman–Crippen LogP) is 2.81. The maximum atomic E-state index is 12.2. The number of guanidine groups is 1. The molecule has 9 nitrogen and oxygen atoms in total. The fourth-order valence-electron chi connectivity index (χ4n) is 3.76. The van der Waals surface area contributed by atoms with Crippen molar-refractivity contribution in [1.29, 1.82) is 0 Å². The summed E-state index contributed by atoms with van der Waals surface area (Å²) >= 11 is 0. The minimum atomic E-state index is -0.501. The van der Waals surface area contributed by atoms with Crippen LogP contribution in [0.15, 0.2) is 4.99 Å². The fourth-order valence-corrected chi connectivity index (χ4v) is 3.76. The summed E-state index contributed by atoms with van der Waals surface area (Å²) < 4.78 is 10.8. The number of nitrogens with one attached hydrogen (secondary N) is 2. The van der Waals surface area contributed by atoms with Gasteiger partial charge < -0.3 is 29.9 Å². The first kappa shape index (κ1) is 25.1. The molecule has 1 unspecified atom stereocenters. The van der Waals surface area contributed by atoms with Crippen molar-refractivity contribution in [3.63, 3.8) is 0 Å². The minimum absolute atomic E-state index is 0.0467. The summed E-state index contributed by atoms with van der Waals surface area (Å²) in [4.78, 5) is 32.6. The second-order valence-corrected chi connectivity index (χ2v) is 10.4. The smallest absolute Gasteiger partial charge is 0.410 e. The summed E-state index contributed by atoms with van der Waals surface area (Å²) in [6.45, 7) is 15.0. The van der Waals surface area contributed by atoms with Crippen molar-refractivity contribution in [2.75, 3.05) is 39.8 Å². The molecule has 1 atom stereocenters. The van der Waals surface area contributed by atoms with Gasteiger partial charge in [-0.1, -0.05) is 0 Å². The molecule has 2 N–H and O–H groups in total. The zero-order valence-electron chi connectivity index (χ0n) is 20.3. The Morgan fingerprint density at radius 3 is 2.06 bits per heavy atom. The molecule has 2 aliphatic heterocycles. The first-order valence-corrected chi connectivity index (χ1v) is 11.3. The maximum absolute atomic E-state index is 12.2. The van der Waals surface area contributed by atoms with Crippen LogP contribution >= 0.6 is 0 Å². The zero-order valence-corrected chi connectivity index (χ0v) is 20.3. The number of likely N-dealkylation sites (tertiary alicyclic amines) is 2. The fraction of sp³-hybridized carbons (Fsp3) is 0.864. The zero-order chi connectivity index (χ0) is 23.2. The van der Waals surface area contributed by atoms with Crippen LogP contribution in [-0.4, -0.2) is 85.0 Å². The molecule has 2 saturated heterocycles. The summed E-state index contributed by atoms with van der Waals surface area (Å²) in [7, 11) is 1.78. The van der Waals surface area contributed by atoms with Crippen molar-refractivity contribution < 1.29 is 19.1 Å². The van der Waals surface area contributed by atoms with E-state index in [4.69, 9.17) is 9.47 Å². The Balaban J connectivity index is 1.72. The molecule has 0 spiro atoms. The van der Waals surface area contributed by atoms with Crippen molar-refractivity contribution in [2.24, 2.45) is 10.9 Å². The van der Waals surface area contributed by atoms with Gasteiger partial charge in [-0.05, 0) is 66.7 Å². The van der Waals surface area contributed by atoms with Crippen LogP contribution in [0.25, 0.3) is 0 Å². The summed E-state index contributed by atoms with van der Waals surface area (Å²) in [5.41, 5.74) is -0.965. The van der Waals surface area contributed by atoms with Crippen LogP contribution in [0.4, 0.5) is 9.59 Å². The number of rotatable bonds is 3. The number of nitrogens with zero attached hydrogens (tertiary/aromatic N) is 3. The highest BCUT2D eigenvalue weighted by molar-refractivity contribution is 5.80. The molecule has 0 aliphatic carbocycles. The van der Waals surface area contributed by atoms with Gasteiger partial charge in [0.25, 0.3) is 0 Å². The largest absolute Gasteiger partial charge is 0.444 e. The molecule has 0 radical (unpaired) electrons. The topological polar surface area (TPSA) is 95.5 Å². The third-order valence-corrected chi connectivity index (χ3v) is 5.24. The first-order valence-electron chi connectivity index (χ1n) is 11.3. The van der Waals surface area contributed by atoms with Crippen LogP contribution in [-0.2, 0) is 9.47 Å². The molecule has 9 heteroatoms. The number of piperidine rings is 1. The molecule has 0 aromatic carbocycles. The van der Waals surface area contributed by atoms with E-state index in [1.54, 1.807) is 11.9 Å². The number of hydrogen-bond acceptors (Lipinski definition) is 5. The average molecular weight is 440 g/mol. The molecule has 31 heavy (non-hydrogen) atoms. The normalized spacial score (nSPS) is 21.1. The lowest BCUT2D eigenvalue weighted by molar-refractivity contribution is 0.0185. The number of alkyl carbamates (subject to hydrolysis) is 1. The molecule has 2 rings (SSSR count). The quantitative estimate of drug-likeness (QED) is 0.519. The molecule has 178 valence electrons. The Kier molecular flexibility index (Phi) is 8.42. The lowest BCUT2D eigenvalue weighted by atomic mass is 9.97. The van der Waals surface area contributed by atoms with Crippen LogP contribution in [0, 0.1) is 5.92 Å². The van der Waals surface area contributed by atoms with E-state index in [9.17, 15) is 9.59 Å². The predicted molar refractivity (Wildman–Crippen MR) is 121 cm³/mol. The van der Waals surface area contributed by atoms with Crippen molar-refractivity contribution in [1.82, 2.24) is 20.4 Å². The van der Waals surface area contributed by atoms with Crippen LogP contribution < -0.4 is 10.6 Å². The van der Waals surface area contributed by atoms with Crippen molar-refractivity contribution in [2.45, 2.75) is 78.0 Å². The van der Waals surface area contributed by atoms with Gasteiger partial charge >= 0.3 is 12.2 Å². The van der Waals surface area contributed by atoms with Gasteiger partial charge in [0.2, 0.25) is 0 Å². The maximum Gasteiger partial charge on any atom is 0.410 e. The average Bonchev–Trinajstić information content (AvgIpc) is 3.07. The number of carbonyl (C=O) groups is 2. The van der Waals surface area contributed by atoms with Crippen molar-refractivity contribution >= 4 is 18.1 Å². The van der Waals surface area contributed by atoms with Crippen LogP contribution in [0.3, 0.4) is 0 Å². The van der Waals surface area contributed by atoms with E-state index >= 15 is 0 Å². The molecular weight excluding hydrogens is 398 g/mol. The van der Waals surface area contributed by atoms with Crippen molar-refractivity contribution in [3.8, 4) is 0 Å². The molecule has 0 aromatic rings. The van der Waals surface area contributed by atoms with Crippen LogP contribution in [0.1, 0.15) is 60.8 Å². The second-order valence-electron chi connectivity index (χ2n) is 10.4. The Morgan fingerprint density at radius 1 is 0.935 bits per heavy atom. The number of carbonyl (C=O) groups excluding carboxylic acids is 2. The number of hydrogen-bond donors (Lipinski definition) is 2. The molecular formula is C22H41N5O4. The monoisotopic (exact) mass is 439 g/mol. The van der Waals surface area contributed by atoms with Crippen molar-refractivity contribution in [3.05, 3.63) is 0 Å². The van der Waals surface area contributed by atoms with Gasteiger partial charge in [-0.3, -0.25) is 4.99 Å². The third kappa shape index (κ3) is 8.83. The summed E-state index contributed by atoms with van der Waals surface area (Å²) in [6, 6.07) is 0.0467. The van der Waals surface area contributed by atoms with Gasteiger partial charge in [0, 0.05) is 39.8 Å². The SMILES string of the molecule is CN=C(NCC1CCN(C(=O)OC(C)(C)C)CC1)N1CCC(NC(=O)OC(C)(C)C)C1. The highest BCUT2D eigenvalue weighted by Crippen LogP contribution is 2.19. The first-order chi connectivity index (χ1) is 14.4. The molecule has 0 bridgehead atoms. The van der Waals surface area contributed by atoms with Crippen LogP contribution in [0.2, 0.25) is 0 Å². The van der Waals surface area contributed by atoms with Gasteiger partial charge in [-0.2, -0.15) is 0 Å². The molecule has 2 heterocycles. The Morgan fingerprint density at radius 2 is 1.52 bits per heavy atom. The van der Waals surface area contributed by atoms with E-state index in [1.807, 2.05) is 41.5 Å². The molecule has 2 fully saturated rings. The lowest BCUT2D eigenvalue weighted by Gasteiger charge is -2.34. The lowest BCUT2D eigenvalue weighted by Crippen LogP contribution is -2.47. The van der Waals surface area contributed by atoms with E-state index < -0.39 is 11.2 Å². The molecule has 2 amide bonds. The molecule has 0 aromatic heterocycles. The summed E-state index contributed by atoms with van der Waals surface area (Å²) in [5, 5.41) is 6.42. The highest BCUT2D eigenvalue weighted by atomic mass is 16.6. The van der Waals surface area contributed by atoms with Gasteiger partial charge in [-0.25, -0.2) is 9.59 Å². The van der Waals surface area contributed by atoms with E-state index in [0.717, 1.165) is 38.3 Å².